The molecule has 1 aromatic heterocycles. The second-order valence-corrected chi connectivity index (χ2v) is 6.60. The zero-order valence-corrected chi connectivity index (χ0v) is 13.8. The van der Waals surface area contributed by atoms with Gasteiger partial charge in [-0.3, -0.25) is 14.7 Å². The molecule has 0 spiro atoms. The van der Waals surface area contributed by atoms with Crippen LogP contribution in [0.15, 0.2) is 42.7 Å². The Morgan fingerprint density at radius 3 is 2.76 bits per heavy atom. The maximum absolute atomic E-state index is 12.6. The summed E-state index contributed by atoms with van der Waals surface area (Å²) in [5.41, 5.74) is 0.720. The van der Waals surface area contributed by atoms with Gasteiger partial charge >= 0.3 is 0 Å². The monoisotopic (exact) mass is 340 g/mol. The number of carbonyl (C=O) groups is 2. The molecule has 1 N–H and O–H groups in total. The van der Waals surface area contributed by atoms with Gasteiger partial charge in [-0.2, -0.15) is 5.10 Å². The van der Waals surface area contributed by atoms with Gasteiger partial charge in [0.25, 0.3) is 0 Å². The van der Waals surface area contributed by atoms with Crippen LogP contribution in [0, 0.1) is 11.8 Å². The van der Waals surface area contributed by atoms with Crippen LogP contribution in [0.2, 0.25) is 0 Å². The molecule has 2 aliphatic heterocycles. The van der Waals surface area contributed by atoms with Gasteiger partial charge in [0.1, 0.15) is 5.75 Å². The van der Waals surface area contributed by atoms with Gasteiger partial charge in [0.15, 0.2) is 0 Å². The van der Waals surface area contributed by atoms with E-state index in [-0.39, 0.29) is 24.2 Å². The minimum absolute atomic E-state index is 0.0239. The summed E-state index contributed by atoms with van der Waals surface area (Å²) in [5, 5.41) is 6.56. The van der Waals surface area contributed by atoms with E-state index < -0.39 is 0 Å². The highest BCUT2D eigenvalue weighted by atomic mass is 16.5. The minimum Gasteiger partial charge on any atom is -0.493 e. The van der Waals surface area contributed by atoms with E-state index in [1.165, 1.54) is 0 Å². The van der Waals surface area contributed by atoms with Crippen molar-refractivity contribution in [1.29, 1.82) is 0 Å². The largest absolute Gasteiger partial charge is 0.493 e. The van der Waals surface area contributed by atoms with Gasteiger partial charge in [-0.1, -0.05) is 18.2 Å². The molecule has 1 aromatic carbocycles. The van der Waals surface area contributed by atoms with Crippen molar-refractivity contribution in [2.45, 2.75) is 6.42 Å². The van der Waals surface area contributed by atoms with E-state index >= 15 is 0 Å². The fraction of sp³-hybridized carbons (Fsp3) is 0.389. The summed E-state index contributed by atoms with van der Waals surface area (Å²) in [6.07, 6.45) is 3.54. The van der Waals surface area contributed by atoms with Crippen LogP contribution in [0.25, 0.3) is 0 Å². The van der Waals surface area contributed by atoms with E-state index in [1.54, 1.807) is 17.3 Å². The Morgan fingerprint density at radius 2 is 2.04 bits per heavy atom. The van der Waals surface area contributed by atoms with E-state index in [0.29, 0.717) is 32.2 Å². The van der Waals surface area contributed by atoms with Gasteiger partial charge in [0, 0.05) is 38.2 Å². The van der Waals surface area contributed by atoms with Gasteiger partial charge in [-0.05, 0) is 12.1 Å². The van der Waals surface area contributed by atoms with Gasteiger partial charge in [-0.15, -0.1) is 0 Å². The number of para-hydroxylation sites is 1. The number of anilines is 1. The molecule has 7 heteroatoms. The number of amides is 2. The van der Waals surface area contributed by atoms with Crippen LogP contribution >= 0.6 is 0 Å². The Kier molecular flexibility index (Phi) is 4.13. The van der Waals surface area contributed by atoms with E-state index in [2.05, 4.69) is 10.2 Å². The van der Waals surface area contributed by atoms with Gasteiger partial charge in [0.05, 0.1) is 24.4 Å². The Balaban J connectivity index is 1.25. The smallest absolute Gasteiger partial charge is 0.228 e. The Bertz CT molecular complexity index is 741. The Hall–Kier alpha value is -2.83. The number of benzene rings is 1. The minimum atomic E-state index is -0.265. The summed E-state index contributed by atoms with van der Waals surface area (Å²) in [6, 6.07) is 9.68. The molecule has 130 valence electrons. The molecule has 1 unspecified atom stereocenters. The number of likely N-dealkylation sites (tertiary alicyclic amines) is 1. The maximum atomic E-state index is 12.6. The Labute approximate surface area is 145 Å². The lowest BCUT2D eigenvalue weighted by molar-refractivity contribution is -0.142. The number of hydrogen-bond acceptors (Lipinski definition) is 4. The van der Waals surface area contributed by atoms with Crippen LogP contribution in [0.1, 0.15) is 6.42 Å². The molecule has 4 rings (SSSR count). The number of H-pyrrole nitrogens is 1. The third kappa shape index (κ3) is 3.22. The second kappa shape index (κ2) is 6.58. The second-order valence-electron chi connectivity index (χ2n) is 6.60. The first-order chi connectivity index (χ1) is 12.2. The summed E-state index contributed by atoms with van der Waals surface area (Å²) in [6.45, 7) is 2.43. The van der Waals surface area contributed by atoms with Crippen LogP contribution in [-0.4, -0.2) is 53.2 Å². The number of ether oxygens (including phenoxy) is 1. The lowest BCUT2D eigenvalue weighted by Gasteiger charge is -2.40. The number of aromatic nitrogens is 2. The van der Waals surface area contributed by atoms with Crippen molar-refractivity contribution in [3.8, 4) is 5.75 Å². The highest BCUT2D eigenvalue weighted by Gasteiger charge is 2.41. The molecule has 3 heterocycles. The standard InChI is InChI=1S/C18H20N4O3/c23-17-6-14(11-22(17)15-7-19-20-8-15)18(24)21-9-13(10-21)12-25-16-4-2-1-3-5-16/h1-5,7-8,13-14H,6,9-12H2,(H,19,20). The molecule has 2 aromatic rings. The number of hydrogen-bond donors (Lipinski definition) is 1. The van der Waals surface area contributed by atoms with Crippen molar-refractivity contribution >= 4 is 17.5 Å². The molecule has 2 aliphatic rings. The van der Waals surface area contributed by atoms with Crippen LogP contribution in [0.4, 0.5) is 5.69 Å². The molecular weight excluding hydrogens is 320 g/mol. The predicted molar refractivity (Wildman–Crippen MR) is 91.1 cm³/mol. The van der Waals surface area contributed by atoms with Crippen molar-refractivity contribution in [2.24, 2.45) is 11.8 Å². The zero-order valence-electron chi connectivity index (χ0n) is 13.8. The summed E-state index contributed by atoms with van der Waals surface area (Å²) >= 11 is 0. The summed E-state index contributed by atoms with van der Waals surface area (Å²) in [5.74, 6) is 0.980. The first-order valence-electron chi connectivity index (χ1n) is 8.46. The summed E-state index contributed by atoms with van der Waals surface area (Å²) in [7, 11) is 0. The predicted octanol–water partition coefficient (Wildman–Crippen LogP) is 1.30. The number of carbonyl (C=O) groups excluding carboxylic acids is 2. The van der Waals surface area contributed by atoms with E-state index in [1.807, 2.05) is 35.2 Å². The highest BCUT2D eigenvalue weighted by Crippen LogP contribution is 2.28. The fourth-order valence-corrected chi connectivity index (χ4v) is 3.36. The van der Waals surface area contributed by atoms with Crippen molar-refractivity contribution in [1.82, 2.24) is 15.1 Å². The topological polar surface area (TPSA) is 78.5 Å². The summed E-state index contributed by atoms with van der Waals surface area (Å²) in [4.78, 5) is 28.2. The molecule has 0 saturated carbocycles. The van der Waals surface area contributed by atoms with Gasteiger partial charge in [-0.25, -0.2) is 0 Å². The van der Waals surface area contributed by atoms with E-state index in [0.717, 1.165) is 11.4 Å². The van der Waals surface area contributed by atoms with Crippen LogP contribution in [-0.2, 0) is 9.59 Å². The lowest BCUT2D eigenvalue weighted by Crippen LogP contribution is -2.54. The van der Waals surface area contributed by atoms with E-state index in [4.69, 9.17) is 4.74 Å². The van der Waals surface area contributed by atoms with Crippen molar-refractivity contribution < 1.29 is 14.3 Å². The van der Waals surface area contributed by atoms with Gasteiger partial charge in [0.2, 0.25) is 11.8 Å². The average Bonchev–Trinajstić information content (AvgIpc) is 3.23. The molecule has 0 radical (unpaired) electrons. The fourth-order valence-electron chi connectivity index (χ4n) is 3.36. The van der Waals surface area contributed by atoms with Crippen LogP contribution in [0.5, 0.6) is 5.75 Å². The van der Waals surface area contributed by atoms with Crippen LogP contribution in [0.3, 0.4) is 0 Å². The zero-order chi connectivity index (χ0) is 17.2. The quantitative estimate of drug-likeness (QED) is 0.890. The molecule has 2 saturated heterocycles. The molecule has 2 fully saturated rings. The van der Waals surface area contributed by atoms with Gasteiger partial charge < -0.3 is 14.5 Å². The number of nitrogens with one attached hydrogen (secondary N) is 1. The normalized spacial score (nSPS) is 20.6. The highest BCUT2D eigenvalue weighted by molar-refractivity contribution is 6.00. The average molecular weight is 340 g/mol. The number of aromatic amines is 1. The summed E-state index contributed by atoms with van der Waals surface area (Å²) < 4.78 is 5.74. The first kappa shape index (κ1) is 15.7. The third-order valence-electron chi connectivity index (χ3n) is 4.77. The molecule has 25 heavy (non-hydrogen) atoms. The molecule has 1 atom stereocenters. The van der Waals surface area contributed by atoms with Crippen molar-refractivity contribution in [3.05, 3.63) is 42.7 Å². The Morgan fingerprint density at radius 1 is 1.24 bits per heavy atom. The first-order valence-corrected chi connectivity index (χ1v) is 8.46. The molecule has 2 amide bonds. The third-order valence-corrected chi connectivity index (χ3v) is 4.77. The number of rotatable bonds is 5. The van der Waals surface area contributed by atoms with Crippen molar-refractivity contribution in [2.75, 3.05) is 31.1 Å². The molecule has 0 aliphatic carbocycles. The molecule has 7 nitrogen and oxygen atoms in total. The van der Waals surface area contributed by atoms with E-state index in [9.17, 15) is 9.59 Å². The van der Waals surface area contributed by atoms with Crippen molar-refractivity contribution in [3.63, 3.8) is 0 Å². The SMILES string of the molecule is O=C(C1CC(=O)N(c2cn[nH]c2)C1)N1CC(COc2ccccc2)C1. The number of nitrogens with zero attached hydrogens (tertiary/aromatic N) is 3. The maximum Gasteiger partial charge on any atom is 0.228 e. The van der Waals surface area contributed by atoms with Crippen LogP contribution < -0.4 is 9.64 Å². The molecule has 0 bridgehead atoms. The molecular formula is C18H20N4O3. The lowest BCUT2D eigenvalue weighted by atomic mass is 9.97.